The van der Waals surface area contributed by atoms with Crippen molar-refractivity contribution in [1.29, 1.82) is 0 Å². The lowest BCUT2D eigenvalue weighted by atomic mass is 9.70. The van der Waals surface area contributed by atoms with Crippen molar-refractivity contribution in [3.63, 3.8) is 0 Å². The smallest absolute Gasteiger partial charge is 0.220 e. The van der Waals surface area contributed by atoms with Gasteiger partial charge in [-0.25, -0.2) is 4.98 Å². The number of anilines is 3. The number of thiophene rings is 1. The lowest BCUT2D eigenvalue weighted by Crippen LogP contribution is -2.26. The maximum Gasteiger partial charge on any atom is 0.220 e. The number of para-hydroxylation sites is 4. The summed E-state index contributed by atoms with van der Waals surface area (Å²) < 4.78 is 7.14. The Hall–Kier alpha value is -8.51. The molecule has 2 aliphatic carbocycles. The number of rotatable bonds is 5. The molecule has 0 atom stereocenters. The van der Waals surface area contributed by atoms with Gasteiger partial charge >= 0.3 is 0 Å². The summed E-state index contributed by atoms with van der Waals surface area (Å²) in [7, 11) is 0. The first-order valence-corrected chi connectivity index (χ1v) is 23.8. The van der Waals surface area contributed by atoms with Crippen LogP contribution in [0.4, 0.5) is 17.1 Å². The molecule has 0 saturated carbocycles. The predicted octanol–water partition coefficient (Wildman–Crippen LogP) is 16.3. The molecule has 2 aliphatic rings. The van der Waals surface area contributed by atoms with Crippen LogP contribution in [0.1, 0.15) is 22.3 Å². The Bertz CT molecular complexity index is 4110. The highest BCUT2D eigenvalue weighted by Crippen LogP contribution is 2.63. The van der Waals surface area contributed by atoms with Gasteiger partial charge in [-0.15, -0.1) is 11.3 Å². The molecule has 0 unspecified atom stereocenters. The van der Waals surface area contributed by atoms with Crippen LogP contribution in [-0.2, 0) is 5.41 Å². The Kier molecular flexibility index (Phi) is 7.55. The lowest BCUT2D eigenvalue weighted by Gasteiger charge is -2.32. The normalized spacial score (nSPS) is 13.2. The lowest BCUT2D eigenvalue weighted by molar-refractivity contribution is 0.793. The third kappa shape index (κ3) is 5.04. The zero-order valence-electron chi connectivity index (χ0n) is 36.1. The van der Waals surface area contributed by atoms with Gasteiger partial charge < -0.3 is 4.90 Å². The first-order valence-electron chi connectivity index (χ1n) is 23.0. The van der Waals surface area contributed by atoms with Crippen molar-refractivity contribution < 1.29 is 0 Å². The molecule has 13 aromatic rings. The fourth-order valence-electron chi connectivity index (χ4n) is 11.7. The number of aromatic nitrogens is 3. The molecule has 0 amide bonds. The van der Waals surface area contributed by atoms with E-state index >= 15 is 0 Å². The second-order valence-electron chi connectivity index (χ2n) is 17.9. The minimum Gasteiger partial charge on any atom is -0.310 e. The van der Waals surface area contributed by atoms with E-state index in [-0.39, 0.29) is 0 Å². The molecule has 15 rings (SSSR count). The van der Waals surface area contributed by atoms with Crippen LogP contribution in [0.2, 0.25) is 0 Å². The van der Waals surface area contributed by atoms with Gasteiger partial charge in [0.25, 0.3) is 0 Å². The van der Waals surface area contributed by atoms with Crippen LogP contribution in [0.3, 0.4) is 0 Å². The Morgan fingerprint density at radius 1 is 0.388 bits per heavy atom. The topological polar surface area (TPSA) is 25.5 Å². The first-order chi connectivity index (χ1) is 33.2. The molecule has 0 saturated heterocycles. The van der Waals surface area contributed by atoms with Gasteiger partial charge in [-0.2, -0.15) is 0 Å². The molecule has 312 valence electrons. The van der Waals surface area contributed by atoms with Crippen molar-refractivity contribution in [2.45, 2.75) is 5.41 Å². The Morgan fingerprint density at radius 2 is 0.910 bits per heavy atom. The summed E-state index contributed by atoms with van der Waals surface area (Å²) in [4.78, 5) is 7.56. The maximum absolute atomic E-state index is 5.11. The highest BCUT2D eigenvalue weighted by atomic mass is 32.1. The number of hydrogen-bond donors (Lipinski definition) is 0. The van der Waals surface area contributed by atoms with Crippen LogP contribution in [0, 0.1) is 0 Å². The van der Waals surface area contributed by atoms with Crippen LogP contribution >= 0.6 is 11.3 Å². The predicted molar refractivity (Wildman–Crippen MR) is 279 cm³/mol. The van der Waals surface area contributed by atoms with Crippen LogP contribution in [0.15, 0.2) is 231 Å². The maximum atomic E-state index is 5.11. The third-order valence-electron chi connectivity index (χ3n) is 14.5. The SMILES string of the molecule is c1ccc2c(c1)-c1ccccc1C21c2ccccc2-c2ccc(N(c3ccc(-c4ccc(-n5c6ccccc6n6c7ccccc7nc56)cc4)cc3)c3ccc4sc5ccccc5c4c3)cc21. The summed E-state index contributed by atoms with van der Waals surface area (Å²) in [5.74, 6) is 0.913. The Balaban J connectivity index is 0.879. The molecule has 10 aromatic carbocycles. The molecular formula is C62H38N4S. The molecule has 3 heterocycles. The fraction of sp³-hybridized carbons (Fsp3) is 0.0161. The second-order valence-corrected chi connectivity index (χ2v) is 19.0. The van der Waals surface area contributed by atoms with Gasteiger partial charge in [0.2, 0.25) is 5.78 Å². The van der Waals surface area contributed by atoms with Gasteiger partial charge in [0, 0.05) is 42.9 Å². The molecule has 3 aromatic heterocycles. The van der Waals surface area contributed by atoms with Crippen molar-refractivity contribution in [2.24, 2.45) is 0 Å². The molecule has 0 N–H and O–H groups in total. The Morgan fingerprint density at radius 3 is 1.63 bits per heavy atom. The zero-order chi connectivity index (χ0) is 43.8. The van der Waals surface area contributed by atoms with E-state index in [1.54, 1.807) is 0 Å². The van der Waals surface area contributed by atoms with Crippen LogP contribution in [0.25, 0.3) is 87.1 Å². The van der Waals surface area contributed by atoms with E-state index in [1.165, 1.54) is 64.7 Å². The molecular weight excluding hydrogens is 833 g/mol. The zero-order valence-corrected chi connectivity index (χ0v) is 37.0. The fourth-order valence-corrected chi connectivity index (χ4v) is 12.8. The summed E-state index contributed by atoms with van der Waals surface area (Å²) in [6.07, 6.45) is 0. The standard InChI is InChI=1S/C62H38N4S/c1-5-17-51-45(13-1)46-14-2-6-18-52(46)62(51)53-19-7-3-15-47(53)48-35-33-44(38-54(48)62)64(43-34-36-60-50(37-43)49-16-4-12-24-59(49)67-60)41-29-25-39(26-30-41)40-27-31-42(32-28-40)65-57-22-10-11-23-58(57)66-56-21-9-8-20-55(56)63-61(65)66/h1-38H. The molecule has 0 radical (unpaired) electrons. The van der Waals surface area contributed by atoms with E-state index in [4.69, 9.17) is 4.98 Å². The molecule has 0 bridgehead atoms. The molecule has 0 aliphatic heterocycles. The molecule has 5 heteroatoms. The van der Waals surface area contributed by atoms with Gasteiger partial charge in [0.1, 0.15) is 0 Å². The first kappa shape index (κ1) is 36.8. The minimum absolute atomic E-state index is 0.436. The molecule has 4 nitrogen and oxygen atoms in total. The number of hydrogen-bond acceptors (Lipinski definition) is 3. The van der Waals surface area contributed by atoms with Crippen molar-refractivity contribution in [2.75, 3.05) is 4.90 Å². The van der Waals surface area contributed by atoms with Crippen LogP contribution in [0.5, 0.6) is 0 Å². The summed E-state index contributed by atoms with van der Waals surface area (Å²) in [5, 5.41) is 2.57. The van der Waals surface area contributed by atoms with E-state index in [1.807, 2.05) is 11.3 Å². The number of benzene rings is 10. The summed E-state index contributed by atoms with van der Waals surface area (Å²) in [6, 6.07) is 85.1. The van der Waals surface area contributed by atoms with Crippen LogP contribution in [-0.4, -0.2) is 14.0 Å². The highest BCUT2D eigenvalue weighted by molar-refractivity contribution is 7.25. The van der Waals surface area contributed by atoms with Crippen molar-refractivity contribution in [3.05, 3.63) is 253 Å². The van der Waals surface area contributed by atoms with E-state index in [9.17, 15) is 0 Å². The monoisotopic (exact) mass is 870 g/mol. The average Bonchev–Trinajstić information content (AvgIpc) is 4.18. The summed E-state index contributed by atoms with van der Waals surface area (Å²) in [6.45, 7) is 0. The van der Waals surface area contributed by atoms with Gasteiger partial charge in [-0.05, 0) is 141 Å². The highest BCUT2D eigenvalue weighted by Gasteiger charge is 2.51. The average molecular weight is 871 g/mol. The number of imidazole rings is 2. The number of nitrogens with zero attached hydrogens (tertiary/aromatic N) is 4. The molecule has 67 heavy (non-hydrogen) atoms. The molecule has 0 fully saturated rings. The summed E-state index contributed by atoms with van der Waals surface area (Å²) in [5.41, 5.74) is 21.3. The van der Waals surface area contributed by atoms with E-state index in [0.29, 0.717) is 0 Å². The van der Waals surface area contributed by atoms with Gasteiger partial charge in [-0.1, -0.05) is 146 Å². The minimum atomic E-state index is -0.436. The largest absolute Gasteiger partial charge is 0.310 e. The molecule has 1 spiro atoms. The quantitative estimate of drug-likeness (QED) is 0.172. The second kappa shape index (κ2) is 13.8. The van der Waals surface area contributed by atoms with Crippen molar-refractivity contribution >= 4 is 76.4 Å². The number of fused-ring (bicyclic) bond motifs is 18. The Labute approximate surface area is 390 Å². The third-order valence-corrected chi connectivity index (χ3v) is 15.7. The van der Waals surface area contributed by atoms with Crippen LogP contribution < -0.4 is 4.90 Å². The van der Waals surface area contributed by atoms with Crippen molar-refractivity contribution in [1.82, 2.24) is 14.0 Å². The van der Waals surface area contributed by atoms with Crippen molar-refractivity contribution in [3.8, 4) is 39.1 Å². The van der Waals surface area contributed by atoms with Gasteiger partial charge in [0.15, 0.2) is 0 Å². The summed E-state index contributed by atoms with van der Waals surface area (Å²) >= 11 is 1.86. The van der Waals surface area contributed by atoms with E-state index < -0.39 is 5.41 Å². The van der Waals surface area contributed by atoms with E-state index in [0.717, 1.165) is 61.7 Å². The van der Waals surface area contributed by atoms with Gasteiger partial charge in [-0.3, -0.25) is 8.97 Å². The van der Waals surface area contributed by atoms with Gasteiger partial charge in [0.05, 0.1) is 27.5 Å². The van der Waals surface area contributed by atoms with E-state index in [2.05, 4.69) is 244 Å².